The number of aromatic nitrogens is 2. The number of aryl methyl sites for hydroxylation is 1. The SMILES string of the molecule is CC(C)Cc1ccc(CC(=O)NCc2nc3ccccc3n2C)cc1. The molecule has 0 spiro atoms. The Balaban J connectivity index is 1.58. The standard InChI is InChI=1S/C21H25N3O/c1-15(2)12-16-8-10-17(11-9-16)13-21(25)22-14-20-23-18-6-4-5-7-19(18)24(20)3/h4-11,15H,12-14H2,1-3H3,(H,22,25). The Kier molecular flexibility index (Phi) is 5.17. The molecule has 1 N–H and O–H groups in total. The summed E-state index contributed by atoms with van der Waals surface area (Å²) in [6.45, 7) is 4.86. The number of imidazole rings is 1. The van der Waals surface area contributed by atoms with E-state index in [9.17, 15) is 4.79 Å². The maximum atomic E-state index is 12.2. The van der Waals surface area contributed by atoms with Crippen molar-refractivity contribution < 1.29 is 4.79 Å². The monoisotopic (exact) mass is 335 g/mol. The van der Waals surface area contributed by atoms with Crippen LogP contribution in [-0.2, 0) is 31.2 Å². The first-order valence-electron chi connectivity index (χ1n) is 8.78. The molecule has 0 aliphatic heterocycles. The largest absolute Gasteiger partial charge is 0.349 e. The number of fused-ring (bicyclic) bond motifs is 1. The molecule has 0 saturated heterocycles. The molecule has 0 radical (unpaired) electrons. The molecule has 0 unspecified atom stereocenters. The summed E-state index contributed by atoms with van der Waals surface area (Å²) in [6, 6.07) is 16.3. The van der Waals surface area contributed by atoms with Crippen molar-refractivity contribution in [3.63, 3.8) is 0 Å². The van der Waals surface area contributed by atoms with Crippen molar-refractivity contribution >= 4 is 16.9 Å². The molecule has 4 nitrogen and oxygen atoms in total. The Morgan fingerprint density at radius 3 is 2.44 bits per heavy atom. The predicted molar refractivity (Wildman–Crippen MR) is 101 cm³/mol. The van der Waals surface area contributed by atoms with Gasteiger partial charge in [-0.05, 0) is 35.6 Å². The fourth-order valence-corrected chi connectivity index (χ4v) is 3.04. The Bertz CT molecular complexity index is 862. The van der Waals surface area contributed by atoms with Crippen molar-refractivity contribution in [1.82, 2.24) is 14.9 Å². The summed E-state index contributed by atoms with van der Waals surface area (Å²) >= 11 is 0. The lowest BCUT2D eigenvalue weighted by Crippen LogP contribution is -2.26. The zero-order valence-corrected chi connectivity index (χ0v) is 15.1. The molecule has 0 atom stereocenters. The van der Waals surface area contributed by atoms with E-state index in [0.717, 1.165) is 28.8 Å². The number of carbonyl (C=O) groups is 1. The van der Waals surface area contributed by atoms with Crippen molar-refractivity contribution in [2.24, 2.45) is 13.0 Å². The van der Waals surface area contributed by atoms with Crippen LogP contribution >= 0.6 is 0 Å². The van der Waals surface area contributed by atoms with E-state index >= 15 is 0 Å². The highest BCUT2D eigenvalue weighted by Gasteiger charge is 2.09. The van der Waals surface area contributed by atoms with Gasteiger partial charge >= 0.3 is 0 Å². The summed E-state index contributed by atoms with van der Waals surface area (Å²) < 4.78 is 2.02. The molecule has 2 aromatic carbocycles. The van der Waals surface area contributed by atoms with Gasteiger partial charge in [0.15, 0.2) is 0 Å². The van der Waals surface area contributed by atoms with E-state index in [1.807, 2.05) is 48.0 Å². The third-order valence-corrected chi connectivity index (χ3v) is 4.36. The van der Waals surface area contributed by atoms with Crippen molar-refractivity contribution in [2.75, 3.05) is 0 Å². The molecule has 0 aliphatic rings. The first-order valence-corrected chi connectivity index (χ1v) is 8.78. The van der Waals surface area contributed by atoms with Gasteiger partial charge in [0, 0.05) is 7.05 Å². The van der Waals surface area contributed by atoms with Crippen LogP contribution in [-0.4, -0.2) is 15.5 Å². The Labute approximate surface area is 148 Å². The molecule has 0 fully saturated rings. The van der Waals surface area contributed by atoms with Crippen molar-refractivity contribution in [3.05, 3.63) is 65.5 Å². The average Bonchev–Trinajstić information content (AvgIpc) is 2.91. The van der Waals surface area contributed by atoms with Crippen LogP contribution in [0.25, 0.3) is 11.0 Å². The quantitative estimate of drug-likeness (QED) is 0.748. The van der Waals surface area contributed by atoms with Gasteiger partial charge in [-0.2, -0.15) is 0 Å². The van der Waals surface area contributed by atoms with Gasteiger partial charge in [-0.15, -0.1) is 0 Å². The molecule has 0 aliphatic carbocycles. The smallest absolute Gasteiger partial charge is 0.224 e. The second kappa shape index (κ2) is 7.51. The fourth-order valence-electron chi connectivity index (χ4n) is 3.04. The lowest BCUT2D eigenvalue weighted by Gasteiger charge is -2.08. The molecule has 1 amide bonds. The molecule has 4 heteroatoms. The summed E-state index contributed by atoms with van der Waals surface area (Å²) in [7, 11) is 1.98. The van der Waals surface area contributed by atoms with Gasteiger partial charge in [0.1, 0.15) is 5.82 Å². The number of benzene rings is 2. The number of amides is 1. The summed E-state index contributed by atoms with van der Waals surface area (Å²) in [4.78, 5) is 16.8. The van der Waals surface area contributed by atoms with E-state index in [4.69, 9.17) is 0 Å². The molecule has 130 valence electrons. The Morgan fingerprint density at radius 1 is 1.08 bits per heavy atom. The highest BCUT2D eigenvalue weighted by Crippen LogP contribution is 2.14. The Hall–Kier alpha value is -2.62. The summed E-state index contributed by atoms with van der Waals surface area (Å²) in [6.07, 6.45) is 1.46. The van der Waals surface area contributed by atoms with Crippen LogP contribution in [0.15, 0.2) is 48.5 Å². The van der Waals surface area contributed by atoms with Crippen LogP contribution in [0.5, 0.6) is 0 Å². The first-order chi connectivity index (χ1) is 12.0. The molecule has 3 rings (SSSR count). The highest BCUT2D eigenvalue weighted by molar-refractivity contribution is 5.79. The molecule has 25 heavy (non-hydrogen) atoms. The molecule has 1 aromatic heterocycles. The number of rotatable bonds is 6. The third kappa shape index (κ3) is 4.27. The topological polar surface area (TPSA) is 46.9 Å². The normalized spacial score (nSPS) is 11.2. The van der Waals surface area contributed by atoms with E-state index < -0.39 is 0 Å². The second-order valence-corrected chi connectivity index (χ2v) is 6.94. The zero-order valence-electron chi connectivity index (χ0n) is 15.1. The van der Waals surface area contributed by atoms with E-state index in [-0.39, 0.29) is 5.91 Å². The van der Waals surface area contributed by atoms with Gasteiger partial charge in [-0.1, -0.05) is 50.2 Å². The van der Waals surface area contributed by atoms with E-state index in [1.165, 1.54) is 5.56 Å². The van der Waals surface area contributed by atoms with E-state index in [0.29, 0.717) is 18.9 Å². The minimum atomic E-state index is 0.0173. The number of hydrogen-bond donors (Lipinski definition) is 1. The van der Waals surface area contributed by atoms with Gasteiger partial charge in [0.25, 0.3) is 0 Å². The highest BCUT2D eigenvalue weighted by atomic mass is 16.1. The summed E-state index contributed by atoms with van der Waals surface area (Å²) in [5, 5.41) is 2.97. The fraction of sp³-hybridized carbons (Fsp3) is 0.333. The van der Waals surface area contributed by atoms with Gasteiger partial charge in [-0.3, -0.25) is 4.79 Å². The van der Waals surface area contributed by atoms with Crippen molar-refractivity contribution in [3.8, 4) is 0 Å². The maximum Gasteiger partial charge on any atom is 0.224 e. The van der Waals surface area contributed by atoms with Crippen LogP contribution in [0.1, 0.15) is 30.8 Å². The van der Waals surface area contributed by atoms with Crippen LogP contribution in [0.4, 0.5) is 0 Å². The van der Waals surface area contributed by atoms with Gasteiger partial charge < -0.3 is 9.88 Å². The molecular weight excluding hydrogens is 310 g/mol. The van der Waals surface area contributed by atoms with Gasteiger partial charge in [0.05, 0.1) is 24.0 Å². The lowest BCUT2D eigenvalue weighted by atomic mass is 10.0. The summed E-state index contributed by atoms with van der Waals surface area (Å²) in [5.41, 5.74) is 4.39. The summed E-state index contributed by atoms with van der Waals surface area (Å²) in [5.74, 6) is 1.52. The Morgan fingerprint density at radius 2 is 1.76 bits per heavy atom. The van der Waals surface area contributed by atoms with Gasteiger partial charge in [-0.25, -0.2) is 4.98 Å². The van der Waals surface area contributed by atoms with Crippen molar-refractivity contribution in [2.45, 2.75) is 33.2 Å². The lowest BCUT2D eigenvalue weighted by molar-refractivity contribution is -0.120. The number of carbonyl (C=O) groups excluding carboxylic acids is 1. The van der Waals surface area contributed by atoms with Crippen LogP contribution < -0.4 is 5.32 Å². The van der Waals surface area contributed by atoms with Crippen LogP contribution in [0, 0.1) is 5.92 Å². The molecular formula is C21H25N3O. The molecule has 1 heterocycles. The van der Waals surface area contributed by atoms with E-state index in [1.54, 1.807) is 0 Å². The molecule has 0 saturated carbocycles. The van der Waals surface area contributed by atoms with Crippen molar-refractivity contribution in [1.29, 1.82) is 0 Å². The van der Waals surface area contributed by atoms with Crippen LogP contribution in [0.2, 0.25) is 0 Å². The number of para-hydroxylation sites is 2. The number of nitrogens with zero attached hydrogens (tertiary/aromatic N) is 2. The molecule has 3 aromatic rings. The minimum absolute atomic E-state index is 0.0173. The predicted octanol–water partition coefficient (Wildman–Crippen LogP) is 3.63. The van der Waals surface area contributed by atoms with Crippen LogP contribution in [0.3, 0.4) is 0 Å². The first kappa shape index (κ1) is 17.2. The third-order valence-electron chi connectivity index (χ3n) is 4.36. The molecule has 0 bridgehead atoms. The maximum absolute atomic E-state index is 12.2. The zero-order chi connectivity index (χ0) is 17.8. The number of hydrogen-bond acceptors (Lipinski definition) is 2. The second-order valence-electron chi connectivity index (χ2n) is 6.94. The average molecular weight is 335 g/mol. The van der Waals surface area contributed by atoms with E-state index in [2.05, 4.69) is 36.3 Å². The van der Waals surface area contributed by atoms with Gasteiger partial charge in [0.2, 0.25) is 5.91 Å². The minimum Gasteiger partial charge on any atom is -0.349 e. The number of nitrogens with one attached hydrogen (secondary N) is 1.